The van der Waals surface area contributed by atoms with E-state index in [-0.39, 0.29) is 0 Å². The third-order valence-electron chi connectivity index (χ3n) is 2.61. The van der Waals surface area contributed by atoms with E-state index in [1.54, 1.807) is 0 Å². The van der Waals surface area contributed by atoms with E-state index in [1.165, 1.54) is 11.1 Å². The second-order valence-electron chi connectivity index (χ2n) is 4.14. The molecule has 0 spiro atoms. The first-order valence-corrected chi connectivity index (χ1v) is 5.45. The van der Waals surface area contributed by atoms with Crippen LogP contribution in [0.25, 0.3) is 0 Å². The molecule has 0 aliphatic heterocycles. The second kappa shape index (κ2) is 5.16. The molecule has 1 nitrogen and oxygen atoms in total. The van der Waals surface area contributed by atoms with Crippen molar-refractivity contribution >= 4 is 0 Å². The van der Waals surface area contributed by atoms with Crippen LogP contribution in [0.5, 0.6) is 0 Å². The lowest BCUT2D eigenvalue weighted by atomic mass is 9.93. The second-order valence-corrected chi connectivity index (χ2v) is 4.14. The van der Waals surface area contributed by atoms with Gasteiger partial charge in [-0.25, -0.2) is 0 Å². The van der Waals surface area contributed by atoms with Gasteiger partial charge in [0.1, 0.15) is 0 Å². The molecule has 0 aliphatic rings. The van der Waals surface area contributed by atoms with Gasteiger partial charge in [0, 0.05) is 6.04 Å². The van der Waals surface area contributed by atoms with Crippen LogP contribution in [0, 0.1) is 12.8 Å². The molecule has 1 aromatic rings. The Bertz CT molecular complexity index is 278. The van der Waals surface area contributed by atoms with Crippen molar-refractivity contribution in [2.45, 2.75) is 33.7 Å². The Morgan fingerprint density at radius 2 is 1.86 bits per heavy atom. The Morgan fingerprint density at radius 1 is 1.21 bits per heavy atom. The van der Waals surface area contributed by atoms with E-state index < -0.39 is 0 Å². The molecule has 0 saturated carbocycles. The van der Waals surface area contributed by atoms with Crippen LogP contribution in [0.4, 0.5) is 0 Å². The molecule has 0 heterocycles. The van der Waals surface area contributed by atoms with E-state index >= 15 is 0 Å². The summed E-state index contributed by atoms with van der Waals surface area (Å²) in [6, 6.07) is 9.11. The van der Waals surface area contributed by atoms with Crippen molar-refractivity contribution in [3.05, 3.63) is 35.4 Å². The molecule has 0 radical (unpaired) electrons. The van der Waals surface area contributed by atoms with Crippen LogP contribution >= 0.6 is 0 Å². The van der Waals surface area contributed by atoms with Gasteiger partial charge in [0.2, 0.25) is 0 Å². The third-order valence-corrected chi connectivity index (χ3v) is 2.61. The first kappa shape index (κ1) is 11.3. The smallest absolute Gasteiger partial charge is 0.0345 e. The summed E-state index contributed by atoms with van der Waals surface area (Å²) in [5.41, 5.74) is 2.82. The highest BCUT2D eigenvalue weighted by atomic mass is 14.9. The Morgan fingerprint density at radius 3 is 2.36 bits per heavy atom. The fourth-order valence-corrected chi connectivity index (χ4v) is 1.86. The quantitative estimate of drug-likeness (QED) is 0.770. The molecule has 0 aromatic heterocycles. The lowest BCUT2D eigenvalue weighted by molar-refractivity contribution is 0.420. The van der Waals surface area contributed by atoms with E-state index in [0.717, 1.165) is 6.54 Å². The monoisotopic (exact) mass is 191 g/mol. The zero-order valence-corrected chi connectivity index (χ0v) is 9.67. The highest BCUT2D eigenvalue weighted by Crippen LogP contribution is 2.24. The molecule has 0 aliphatic carbocycles. The van der Waals surface area contributed by atoms with Crippen molar-refractivity contribution in [1.82, 2.24) is 5.32 Å². The van der Waals surface area contributed by atoms with Crippen molar-refractivity contribution in [3.8, 4) is 0 Å². The summed E-state index contributed by atoms with van der Waals surface area (Å²) in [5, 5.41) is 3.54. The number of hydrogen-bond acceptors (Lipinski definition) is 1. The van der Waals surface area contributed by atoms with Gasteiger partial charge in [-0.3, -0.25) is 0 Å². The van der Waals surface area contributed by atoms with Crippen LogP contribution in [-0.2, 0) is 0 Å². The standard InChI is InChI=1S/C13H21N/c1-5-14-13(10(2)3)12-9-7-6-8-11(12)4/h6-10,13-14H,5H2,1-4H3. The average Bonchev–Trinajstić information content (AvgIpc) is 2.15. The summed E-state index contributed by atoms with van der Waals surface area (Å²) < 4.78 is 0. The highest BCUT2D eigenvalue weighted by Gasteiger charge is 2.15. The maximum Gasteiger partial charge on any atom is 0.0345 e. The molecule has 1 aromatic carbocycles. The third kappa shape index (κ3) is 2.58. The zero-order valence-electron chi connectivity index (χ0n) is 9.67. The highest BCUT2D eigenvalue weighted by molar-refractivity contribution is 5.29. The summed E-state index contributed by atoms with van der Waals surface area (Å²) in [5.74, 6) is 0.635. The predicted octanol–water partition coefficient (Wildman–Crippen LogP) is 3.30. The Hall–Kier alpha value is -0.820. The summed E-state index contributed by atoms with van der Waals surface area (Å²) in [4.78, 5) is 0. The molecule has 14 heavy (non-hydrogen) atoms. The molecule has 1 unspecified atom stereocenters. The molecule has 0 saturated heterocycles. The van der Waals surface area contributed by atoms with Gasteiger partial charge in [-0.05, 0) is 30.5 Å². The summed E-state index contributed by atoms with van der Waals surface area (Å²) in [6.45, 7) is 9.90. The van der Waals surface area contributed by atoms with Crippen LogP contribution in [0.2, 0.25) is 0 Å². The van der Waals surface area contributed by atoms with E-state index in [2.05, 4.69) is 57.3 Å². The van der Waals surface area contributed by atoms with Gasteiger partial charge in [0.25, 0.3) is 0 Å². The molecule has 78 valence electrons. The molecular weight excluding hydrogens is 170 g/mol. The van der Waals surface area contributed by atoms with E-state index in [9.17, 15) is 0 Å². The molecular formula is C13H21N. The van der Waals surface area contributed by atoms with Gasteiger partial charge in [0.05, 0.1) is 0 Å². The van der Waals surface area contributed by atoms with E-state index in [0.29, 0.717) is 12.0 Å². The van der Waals surface area contributed by atoms with Gasteiger partial charge in [-0.15, -0.1) is 0 Å². The topological polar surface area (TPSA) is 12.0 Å². The zero-order chi connectivity index (χ0) is 10.6. The summed E-state index contributed by atoms with van der Waals surface area (Å²) in [6.07, 6.45) is 0. The Labute approximate surface area is 87.5 Å². The van der Waals surface area contributed by atoms with Crippen LogP contribution in [0.3, 0.4) is 0 Å². The molecule has 1 atom stereocenters. The SMILES string of the molecule is CCNC(c1ccccc1C)C(C)C. The average molecular weight is 191 g/mol. The normalized spacial score (nSPS) is 13.2. The first-order valence-electron chi connectivity index (χ1n) is 5.45. The van der Waals surface area contributed by atoms with E-state index in [1.807, 2.05) is 0 Å². The van der Waals surface area contributed by atoms with Gasteiger partial charge < -0.3 is 5.32 Å². The number of nitrogens with one attached hydrogen (secondary N) is 1. The number of aryl methyl sites for hydroxylation is 1. The minimum absolute atomic E-state index is 0.487. The number of benzene rings is 1. The Kier molecular flexibility index (Phi) is 4.15. The minimum Gasteiger partial charge on any atom is -0.310 e. The van der Waals surface area contributed by atoms with E-state index in [4.69, 9.17) is 0 Å². The maximum atomic E-state index is 3.54. The first-order chi connectivity index (χ1) is 6.66. The van der Waals surface area contributed by atoms with Gasteiger partial charge >= 0.3 is 0 Å². The lowest BCUT2D eigenvalue weighted by Gasteiger charge is -2.23. The van der Waals surface area contributed by atoms with Crippen molar-refractivity contribution in [1.29, 1.82) is 0 Å². The predicted molar refractivity (Wildman–Crippen MR) is 62.4 cm³/mol. The van der Waals surface area contributed by atoms with Crippen molar-refractivity contribution in [2.24, 2.45) is 5.92 Å². The van der Waals surface area contributed by atoms with Gasteiger partial charge in [-0.2, -0.15) is 0 Å². The summed E-state index contributed by atoms with van der Waals surface area (Å²) >= 11 is 0. The maximum absolute atomic E-state index is 3.54. The minimum atomic E-state index is 0.487. The number of hydrogen-bond donors (Lipinski definition) is 1. The van der Waals surface area contributed by atoms with Crippen LogP contribution < -0.4 is 5.32 Å². The van der Waals surface area contributed by atoms with Crippen LogP contribution in [-0.4, -0.2) is 6.54 Å². The van der Waals surface area contributed by atoms with Crippen molar-refractivity contribution in [3.63, 3.8) is 0 Å². The van der Waals surface area contributed by atoms with Crippen molar-refractivity contribution < 1.29 is 0 Å². The fourth-order valence-electron chi connectivity index (χ4n) is 1.86. The van der Waals surface area contributed by atoms with Gasteiger partial charge in [0.15, 0.2) is 0 Å². The molecule has 1 N–H and O–H groups in total. The molecule has 1 rings (SSSR count). The van der Waals surface area contributed by atoms with Crippen LogP contribution in [0.15, 0.2) is 24.3 Å². The largest absolute Gasteiger partial charge is 0.310 e. The molecule has 0 amide bonds. The molecule has 0 bridgehead atoms. The molecule has 0 fully saturated rings. The number of rotatable bonds is 4. The van der Waals surface area contributed by atoms with Crippen LogP contribution in [0.1, 0.15) is 37.9 Å². The fraction of sp³-hybridized carbons (Fsp3) is 0.538. The van der Waals surface area contributed by atoms with Crippen molar-refractivity contribution in [2.75, 3.05) is 6.54 Å². The molecule has 1 heteroatoms. The summed E-state index contributed by atoms with van der Waals surface area (Å²) in [7, 11) is 0. The lowest BCUT2D eigenvalue weighted by Crippen LogP contribution is -2.26. The Balaban J connectivity index is 2.93. The van der Waals surface area contributed by atoms with Gasteiger partial charge in [-0.1, -0.05) is 45.0 Å².